The molecular formula is C20H23F6N5. The monoisotopic (exact) mass is 447 g/mol. The van der Waals surface area contributed by atoms with Gasteiger partial charge in [-0.05, 0) is 38.6 Å². The number of fused-ring (bicyclic) bond motifs is 1. The van der Waals surface area contributed by atoms with E-state index < -0.39 is 29.7 Å². The van der Waals surface area contributed by atoms with Gasteiger partial charge >= 0.3 is 12.4 Å². The SMILES string of the molecule is C=CCC1c2cc(C(F)(F)F)ccc2N=C(N2CCN(C)CC2)N1/N=C(\C)C(F)(F)F. The van der Waals surface area contributed by atoms with Crippen molar-refractivity contribution in [3.63, 3.8) is 0 Å². The van der Waals surface area contributed by atoms with Crippen molar-refractivity contribution in [1.82, 2.24) is 14.8 Å². The lowest BCUT2D eigenvalue weighted by molar-refractivity contribution is -0.137. The van der Waals surface area contributed by atoms with Crippen molar-refractivity contribution in [1.29, 1.82) is 0 Å². The average Bonchev–Trinajstić information content (AvgIpc) is 2.68. The van der Waals surface area contributed by atoms with E-state index in [1.807, 2.05) is 11.9 Å². The van der Waals surface area contributed by atoms with Crippen LogP contribution in [0.15, 0.2) is 40.9 Å². The highest BCUT2D eigenvalue weighted by Gasteiger charge is 2.39. The molecule has 1 atom stereocenters. The van der Waals surface area contributed by atoms with Crippen molar-refractivity contribution in [3.8, 4) is 0 Å². The largest absolute Gasteiger partial charge is 0.430 e. The van der Waals surface area contributed by atoms with Crippen LogP contribution in [0.2, 0.25) is 0 Å². The van der Waals surface area contributed by atoms with Crippen molar-refractivity contribution in [2.45, 2.75) is 31.7 Å². The Hall–Kier alpha value is -2.56. The first-order valence-corrected chi connectivity index (χ1v) is 9.67. The summed E-state index contributed by atoms with van der Waals surface area (Å²) in [5.41, 5.74) is -1.56. The number of halogens is 6. The lowest BCUT2D eigenvalue weighted by Crippen LogP contribution is -2.53. The standard InChI is InChI=1S/C20H23F6N5/c1-4-5-17-15-12-14(20(24,25)26)6-7-16(15)27-18(30-10-8-29(3)9-11-30)31(17)28-13(2)19(21,22)23/h4,6-7,12,17H,1,5,8-11H2,2-3H3/b28-13+. The fraction of sp³-hybridized carbons (Fsp3) is 0.500. The number of rotatable bonds is 3. The maximum atomic E-state index is 13.3. The number of guanidine groups is 1. The average molecular weight is 447 g/mol. The highest BCUT2D eigenvalue weighted by molar-refractivity contribution is 5.91. The summed E-state index contributed by atoms with van der Waals surface area (Å²) in [4.78, 5) is 8.32. The van der Waals surface area contributed by atoms with Gasteiger partial charge in [-0.25, -0.2) is 10.0 Å². The fourth-order valence-electron chi connectivity index (χ4n) is 3.47. The molecule has 0 radical (unpaired) electrons. The number of nitrogens with zero attached hydrogens (tertiary/aromatic N) is 5. The van der Waals surface area contributed by atoms with E-state index in [9.17, 15) is 26.3 Å². The van der Waals surface area contributed by atoms with Crippen molar-refractivity contribution in [2.75, 3.05) is 33.2 Å². The Labute approximate surface area is 176 Å². The van der Waals surface area contributed by atoms with E-state index in [4.69, 9.17) is 0 Å². The topological polar surface area (TPSA) is 34.4 Å². The van der Waals surface area contributed by atoms with E-state index in [2.05, 4.69) is 21.6 Å². The van der Waals surface area contributed by atoms with Gasteiger partial charge in [-0.3, -0.25) is 0 Å². The second-order valence-electron chi connectivity index (χ2n) is 7.54. The number of hydrogen-bond acceptors (Lipinski definition) is 5. The van der Waals surface area contributed by atoms with E-state index in [0.717, 1.165) is 24.1 Å². The summed E-state index contributed by atoms with van der Waals surface area (Å²) in [5.74, 6) is 0.191. The summed E-state index contributed by atoms with van der Waals surface area (Å²) >= 11 is 0. The number of aliphatic imine (C=N–C) groups is 1. The van der Waals surface area contributed by atoms with Gasteiger partial charge in [-0.2, -0.15) is 31.4 Å². The van der Waals surface area contributed by atoms with Gasteiger partial charge in [-0.1, -0.05) is 6.08 Å². The Morgan fingerprint density at radius 2 is 1.81 bits per heavy atom. The third-order valence-corrected chi connectivity index (χ3v) is 5.28. The molecule has 0 amide bonds. The van der Waals surface area contributed by atoms with Gasteiger partial charge in [0.2, 0.25) is 5.96 Å². The smallest absolute Gasteiger partial charge is 0.338 e. The molecule has 2 aliphatic rings. The predicted molar refractivity (Wildman–Crippen MR) is 106 cm³/mol. The van der Waals surface area contributed by atoms with Crippen LogP contribution in [0.25, 0.3) is 0 Å². The van der Waals surface area contributed by atoms with E-state index in [1.54, 1.807) is 0 Å². The summed E-state index contributed by atoms with van der Waals surface area (Å²) in [5, 5.41) is 4.88. The Balaban J connectivity index is 2.15. The second-order valence-corrected chi connectivity index (χ2v) is 7.54. The summed E-state index contributed by atoms with van der Waals surface area (Å²) in [7, 11) is 1.93. The lowest BCUT2D eigenvalue weighted by atomic mass is 9.97. The van der Waals surface area contributed by atoms with Crippen LogP contribution in [0, 0.1) is 0 Å². The first kappa shape index (κ1) is 23.1. The molecule has 1 aromatic carbocycles. The van der Waals surface area contributed by atoms with E-state index >= 15 is 0 Å². The van der Waals surface area contributed by atoms with Gasteiger partial charge < -0.3 is 9.80 Å². The second kappa shape index (κ2) is 8.52. The fourth-order valence-corrected chi connectivity index (χ4v) is 3.47. The molecule has 3 rings (SSSR count). The quantitative estimate of drug-likeness (QED) is 0.379. The molecule has 0 N–H and O–H groups in total. The number of alkyl halides is 6. The normalized spacial score (nSPS) is 21.1. The maximum Gasteiger partial charge on any atom is 0.430 e. The van der Waals surface area contributed by atoms with E-state index in [-0.39, 0.29) is 23.6 Å². The molecule has 0 aliphatic carbocycles. The minimum atomic E-state index is -4.68. The molecule has 1 aromatic rings. The summed E-state index contributed by atoms with van der Waals surface area (Å²) in [6.07, 6.45) is -7.73. The van der Waals surface area contributed by atoms with Gasteiger partial charge in [0, 0.05) is 31.7 Å². The lowest BCUT2D eigenvalue weighted by Gasteiger charge is -2.42. The Morgan fingerprint density at radius 1 is 1.16 bits per heavy atom. The minimum absolute atomic E-state index is 0.0930. The van der Waals surface area contributed by atoms with Crippen LogP contribution in [0.4, 0.5) is 32.0 Å². The van der Waals surface area contributed by atoms with E-state index in [0.29, 0.717) is 26.2 Å². The molecule has 0 saturated carbocycles. The number of hydrazone groups is 1. The summed E-state index contributed by atoms with van der Waals surface area (Å²) < 4.78 is 79.6. The Morgan fingerprint density at radius 3 is 2.35 bits per heavy atom. The molecule has 2 aliphatic heterocycles. The number of likely N-dealkylation sites (N-methyl/N-ethyl adjacent to an activating group) is 1. The van der Waals surface area contributed by atoms with Gasteiger partial charge in [0.15, 0.2) is 0 Å². The van der Waals surface area contributed by atoms with Crippen LogP contribution in [0.1, 0.15) is 30.5 Å². The highest BCUT2D eigenvalue weighted by atomic mass is 19.4. The molecule has 0 aromatic heterocycles. The zero-order chi connectivity index (χ0) is 23.0. The van der Waals surface area contributed by atoms with Gasteiger partial charge in [0.1, 0.15) is 5.71 Å². The molecule has 1 saturated heterocycles. The molecule has 11 heteroatoms. The molecule has 5 nitrogen and oxygen atoms in total. The summed E-state index contributed by atoms with van der Waals surface area (Å²) in [6.45, 7) is 6.80. The Bertz CT molecular complexity index is 881. The van der Waals surface area contributed by atoms with Gasteiger partial charge in [-0.15, -0.1) is 6.58 Å². The van der Waals surface area contributed by atoms with E-state index in [1.165, 1.54) is 12.1 Å². The van der Waals surface area contributed by atoms with Crippen LogP contribution >= 0.6 is 0 Å². The van der Waals surface area contributed by atoms with Crippen LogP contribution in [0.3, 0.4) is 0 Å². The molecule has 31 heavy (non-hydrogen) atoms. The van der Waals surface area contributed by atoms with Crippen LogP contribution in [-0.4, -0.2) is 65.9 Å². The molecule has 1 unspecified atom stereocenters. The molecule has 2 heterocycles. The third-order valence-electron chi connectivity index (χ3n) is 5.28. The van der Waals surface area contributed by atoms with Crippen molar-refractivity contribution >= 4 is 17.4 Å². The minimum Gasteiger partial charge on any atom is -0.338 e. The highest BCUT2D eigenvalue weighted by Crippen LogP contribution is 2.42. The van der Waals surface area contributed by atoms with Crippen LogP contribution in [-0.2, 0) is 6.18 Å². The molecule has 170 valence electrons. The molecular weight excluding hydrogens is 424 g/mol. The first-order valence-electron chi connectivity index (χ1n) is 9.67. The predicted octanol–water partition coefficient (Wildman–Crippen LogP) is 4.81. The van der Waals surface area contributed by atoms with Crippen molar-refractivity contribution in [2.24, 2.45) is 10.1 Å². The van der Waals surface area contributed by atoms with Crippen LogP contribution in [0.5, 0.6) is 0 Å². The zero-order valence-electron chi connectivity index (χ0n) is 17.1. The van der Waals surface area contributed by atoms with Crippen molar-refractivity contribution < 1.29 is 26.3 Å². The number of benzene rings is 1. The number of piperazine rings is 1. The first-order chi connectivity index (χ1) is 14.4. The maximum absolute atomic E-state index is 13.3. The zero-order valence-corrected chi connectivity index (χ0v) is 17.1. The molecule has 0 bridgehead atoms. The van der Waals surface area contributed by atoms with Gasteiger partial charge in [0.05, 0.1) is 17.3 Å². The van der Waals surface area contributed by atoms with Crippen molar-refractivity contribution in [3.05, 3.63) is 42.0 Å². The number of hydrogen-bond donors (Lipinski definition) is 0. The Kier molecular flexibility index (Phi) is 6.35. The molecule has 0 spiro atoms. The molecule has 1 fully saturated rings. The third kappa shape index (κ3) is 5.03. The van der Waals surface area contributed by atoms with Gasteiger partial charge in [0.25, 0.3) is 0 Å². The van der Waals surface area contributed by atoms with Crippen LogP contribution < -0.4 is 0 Å². The summed E-state index contributed by atoms with van der Waals surface area (Å²) in [6, 6.07) is 2.20.